The first-order chi connectivity index (χ1) is 19.0. The molecule has 0 saturated carbocycles. The van der Waals surface area contributed by atoms with Crippen LogP contribution in [0.15, 0.2) is 79.0 Å². The van der Waals surface area contributed by atoms with E-state index in [2.05, 4.69) is 11.1 Å². The van der Waals surface area contributed by atoms with Gasteiger partial charge in [0.25, 0.3) is 5.91 Å². The van der Waals surface area contributed by atoms with Crippen LogP contribution >= 0.6 is 0 Å². The Hall–Kier alpha value is -4.30. The lowest BCUT2D eigenvalue weighted by molar-refractivity contribution is -0.132. The van der Waals surface area contributed by atoms with Crippen molar-refractivity contribution >= 4 is 22.7 Å². The van der Waals surface area contributed by atoms with E-state index in [4.69, 9.17) is 14.2 Å². The molecule has 1 N–H and O–H groups in total. The fraction of sp³-hybridized carbons (Fsp3) is 0.290. The van der Waals surface area contributed by atoms with Crippen molar-refractivity contribution in [3.8, 4) is 11.5 Å². The van der Waals surface area contributed by atoms with Gasteiger partial charge in [-0.2, -0.15) is 0 Å². The molecule has 204 valence electrons. The number of aromatic amines is 1. The third-order valence-corrected chi connectivity index (χ3v) is 6.73. The van der Waals surface area contributed by atoms with Crippen molar-refractivity contribution in [1.29, 1.82) is 0 Å². The van der Waals surface area contributed by atoms with Crippen LogP contribution in [0.1, 0.15) is 21.5 Å². The normalized spacial score (nSPS) is 10.8. The highest BCUT2D eigenvalue weighted by Crippen LogP contribution is 2.20. The molecule has 1 heterocycles. The van der Waals surface area contributed by atoms with Crippen LogP contribution in [0.3, 0.4) is 0 Å². The van der Waals surface area contributed by atoms with Gasteiger partial charge in [-0.05, 0) is 60.0 Å². The molecule has 0 atom stereocenters. The topological polar surface area (TPSA) is 84.1 Å². The predicted molar refractivity (Wildman–Crippen MR) is 151 cm³/mol. The molecule has 0 radical (unpaired) electrons. The fourth-order valence-corrected chi connectivity index (χ4v) is 4.47. The van der Waals surface area contributed by atoms with Crippen LogP contribution in [0, 0.1) is 0 Å². The van der Waals surface area contributed by atoms with Gasteiger partial charge in [-0.15, -0.1) is 0 Å². The number of ether oxygens (including phenoxy) is 3. The molecule has 2 amide bonds. The van der Waals surface area contributed by atoms with Gasteiger partial charge in [0.15, 0.2) is 0 Å². The number of benzene rings is 3. The van der Waals surface area contributed by atoms with Gasteiger partial charge in [-0.1, -0.05) is 30.3 Å². The SMILES string of the molecule is COCCN(CC(=O)N(CCc1c[nH]c2ccccc12)Cc1ccc(OC)cc1)C(=O)c1ccc(OC)cc1. The molecule has 3 aromatic carbocycles. The first-order valence-corrected chi connectivity index (χ1v) is 12.9. The lowest BCUT2D eigenvalue weighted by atomic mass is 10.1. The third kappa shape index (κ3) is 7.18. The Kier molecular flexibility index (Phi) is 9.58. The van der Waals surface area contributed by atoms with E-state index in [0.717, 1.165) is 27.8 Å². The maximum absolute atomic E-state index is 13.7. The number of aromatic nitrogens is 1. The number of H-pyrrole nitrogens is 1. The van der Waals surface area contributed by atoms with E-state index in [1.807, 2.05) is 53.6 Å². The molecule has 0 unspecified atom stereocenters. The summed E-state index contributed by atoms with van der Waals surface area (Å²) in [4.78, 5) is 33.8. The number of carbonyl (C=O) groups is 2. The van der Waals surface area contributed by atoms with E-state index in [0.29, 0.717) is 44.0 Å². The summed E-state index contributed by atoms with van der Waals surface area (Å²) in [5, 5.41) is 1.14. The quantitative estimate of drug-likeness (QED) is 0.275. The van der Waals surface area contributed by atoms with Gasteiger partial charge in [-0.25, -0.2) is 0 Å². The fourth-order valence-electron chi connectivity index (χ4n) is 4.47. The molecule has 8 nitrogen and oxygen atoms in total. The molecular formula is C31H35N3O5. The summed E-state index contributed by atoms with van der Waals surface area (Å²) in [6.45, 7) is 1.48. The molecule has 1 aromatic heterocycles. The third-order valence-electron chi connectivity index (χ3n) is 6.73. The van der Waals surface area contributed by atoms with Gasteiger partial charge in [0.05, 0.1) is 20.8 Å². The van der Waals surface area contributed by atoms with Crippen molar-refractivity contribution in [1.82, 2.24) is 14.8 Å². The van der Waals surface area contributed by atoms with Crippen molar-refractivity contribution in [2.24, 2.45) is 0 Å². The summed E-state index contributed by atoms with van der Waals surface area (Å²) >= 11 is 0. The van der Waals surface area contributed by atoms with Crippen LogP contribution in [0.25, 0.3) is 10.9 Å². The number of nitrogens with one attached hydrogen (secondary N) is 1. The van der Waals surface area contributed by atoms with E-state index in [9.17, 15) is 9.59 Å². The minimum absolute atomic E-state index is 0.0573. The number of hydrogen-bond acceptors (Lipinski definition) is 5. The number of amides is 2. The Bertz CT molecular complexity index is 1370. The zero-order valence-electron chi connectivity index (χ0n) is 22.7. The van der Waals surface area contributed by atoms with E-state index in [-0.39, 0.29) is 18.4 Å². The van der Waals surface area contributed by atoms with E-state index < -0.39 is 0 Å². The summed E-state index contributed by atoms with van der Waals surface area (Å²) in [7, 11) is 4.78. The first-order valence-electron chi connectivity index (χ1n) is 12.9. The summed E-state index contributed by atoms with van der Waals surface area (Å²) in [5.74, 6) is 1.05. The lowest BCUT2D eigenvalue weighted by Crippen LogP contribution is -2.44. The Balaban J connectivity index is 1.54. The lowest BCUT2D eigenvalue weighted by Gasteiger charge is -2.28. The van der Waals surface area contributed by atoms with Gasteiger partial charge < -0.3 is 29.0 Å². The number of para-hydroxylation sites is 1. The van der Waals surface area contributed by atoms with Crippen molar-refractivity contribution in [3.63, 3.8) is 0 Å². The van der Waals surface area contributed by atoms with Gasteiger partial charge in [0.1, 0.15) is 18.0 Å². The molecule has 4 aromatic rings. The summed E-state index contributed by atoms with van der Waals surface area (Å²) < 4.78 is 15.7. The highest BCUT2D eigenvalue weighted by Gasteiger charge is 2.23. The first kappa shape index (κ1) is 27.7. The van der Waals surface area contributed by atoms with Crippen molar-refractivity contribution in [2.45, 2.75) is 13.0 Å². The largest absolute Gasteiger partial charge is 0.497 e. The number of nitrogens with zero attached hydrogens (tertiary/aromatic N) is 2. The maximum Gasteiger partial charge on any atom is 0.254 e. The number of hydrogen-bond donors (Lipinski definition) is 1. The van der Waals surface area contributed by atoms with Crippen LogP contribution < -0.4 is 9.47 Å². The minimum Gasteiger partial charge on any atom is -0.497 e. The second-order valence-corrected chi connectivity index (χ2v) is 9.22. The van der Waals surface area contributed by atoms with Crippen LogP contribution in [0.5, 0.6) is 11.5 Å². The predicted octanol–water partition coefficient (Wildman–Crippen LogP) is 4.55. The summed E-state index contributed by atoms with van der Waals surface area (Å²) in [5.41, 5.74) is 3.67. The standard InChI is InChI=1S/C31H35N3O5/c1-37-19-18-34(31(36)24-10-14-27(39-3)15-11-24)22-30(35)33(21-23-8-12-26(38-2)13-9-23)17-16-25-20-32-29-7-5-4-6-28(25)29/h4-15,20,32H,16-19,21-22H2,1-3H3. The second-order valence-electron chi connectivity index (χ2n) is 9.22. The highest BCUT2D eigenvalue weighted by molar-refractivity contribution is 5.96. The number of fused-ring (bicyclic) bond motifs is 1. The smallest absolute Gasteiger partial charge is 0.254 e. The number of rotatable bonds is 13. The molecular weight excluding hydrogens is 494 g/mol. The van der Waals surface area contributed by atoms with Gasteiger partial charge in [0.2, 0.25) is 5.91 Å². The van der Waals surface area contributed by atoms with Crippen LogP contribution in [-0.4, -0.2) is 74.2 Å². The van der Waals surface area contributed by atoms with E-state index >= 15 is 0 Å². The highest BCUT2D eigenvalue weighted by atomic mass is 16.5. The van der Waals surface area contributed by atoms with Crippen molar-refractivity contribution < 1.29 is 23.8 Å². The molecule has 0 spiro atoms. The average molecular weight is 530 g/mol. The molecule has 39 heavy (non-hydrogen) atoms. The Labute approximate surface area is 229 Å². The van der Waals surface area contributed by atoms with Crippen LogP contribution in [0.2, 0.25) is 0 Å². The Morgan fingerprint density at radius 1 is 0.795 bits per heavy atom. The second kappa shape index (κ2) is 13.5. The molecule has 4 rings (SSSR count). The van der Waals surface area contributed by atoms with E-state index in [1.54, 1.807) is 50.5 Å². The van der Waals surface area contributed by atoms with Crippen molar-refractivity contribution in [3.05, 3.63) is 95.7 Å². The maximum atomic E-state index is 13.7. The minimum atomic E-state index is -0.232. The van der Waals surface area contributed by atoms with Gasteiger partial charge in [-0.3, -0.25) is 9.59 Å². The van der Waals surface area contributed by atoms with Crippen LogP contribution in [-0.2, 0) is 22.5 Å². The van der Waals surface area contributed by atoms with Crippen molar-refractivity contribution in [2.75, 3.05) is 47.6 Å². The molecule has 0 aliphatic rings. The molecule has 8 heteroatoms. The monoisotopic (exact) mass is 529 g/mol. The van der Waals surface area contributed by atoms with Gasteiger partial charge in [0, 0.05) is 49.4 Å². The van der Waals surface area contributed by atoms with Gasteiger partial charge >= 0.3 is 0 Å². The molecule has 0 bridgehead atoms. The Morgan fingerprint density at radius 2 is 1.46 bits per heavy atom. The average Bonchev–Trinajstić information content (AvgIpc) is 3.40. The zero-order valence-corrected chi connectivity index (χ0v) is 22.7. The zero-order chi connectivity index (χ0) is 27.6. The number of methoxy groups -OCH3 is 3. The molecule has 0 saturated heterocycles. The molecule has 0 fully saturated rings. The molecule has 0 aliphatic heterocycles. The summed E-state index contributed by atoms with van der Waals surface area (Å²) in [6.07, 6.45) is 2.68. The Morgan fingerprint density at radius 3 is 2.13 bits per heavy atom. The molecule has 0 aliphatic carbocycles. The summed E-state index contributed by atoms with van der Waals surface area (Å²) in [6, 6.07) is 22.7. The van der Waals surface area contributed by atoms with E-state index in [1.165, 1.54) is 0 Å². The number of carbonyl (C=O) groups excluding carboxylic acids is 2. The van der Waals surface area contributed by atoms with Crippen LogP contribution in [0.4, 0.5) is 0 Å².